The summed E-state index contributed by atoms with van der Waals surface area (Å²) in [6.07, 6.45) is 3.70. The van der Waals surface area contributed by atoms with Gasteiger partial charge in [-0.15, -0.1) is 0 Å². The lowest BCUT2D eigenvalue weighted by molar-refractivity contribution is -0.158. The second-order valence-corrected chi connectivity index (χ2v) is 6.97. The van der Waals surface area contributed by atoms with Crippen LogP contribution in [0.3, 0.4) is 0 Å². The molecule has 0 aromatic heterocycles. The van der Waals surface area contributed by atoms with Crippen LogP contribution in [0.15, 0.2) is 36.4 Å². The average Bonchev–Trinajstić information content (AvgIpc) is 2.43. The van der Waals surface area contributed by atoms with Crippen LogP contribution in [0, 0.1) is 5.92 Å². The molecule has 0 fully saturated rings. The zero-order chi connectivity index (χ0) is 17.5. The lowest BCUT2D eigenvalue weighted by atomic mass is 10.0. The van der Waals surface area contributed by atoms with Crippen molar-refractivity contribution in [1.82, 2.24) is 5.32 Å². The standard InChI is InChI=1S/C19H27NO3/c1-14(2)13-16(18(22)23-19(3,4)5)20-17(21)12-11-15-9-7-6-8-10-15/h6-12,14,16H,13H2,1-5H3,(H,20,21). The summed E-state index contributed by atoms with van der Waals surface area (Å²) in [5, 5.41) is 2.74. The third kappa shape index (κ3) is 8.19. The molecule has 1 N–H and O–H groups in total. The molecule has 1 unspecified atom stereocenters. The molecule has 0 aliphatic heterocycles. The van der Waals surface area contributed by atoms with E-state index in [4.69, 9.17) is 4.74 Å². The van der Waals surface area contributed by atoms with Gasteiger partial charge in [0.1, 0.15) is 11.6 Å². The van der Waals surface area contributed by atoms with E-state index >= 15 is 0 Å². The van der Waals surface area contributed by atoms with Crippen LogP contribution in [-0.2, 0) is 14.3 Å². The van der Waals surface area contributed by atoms with Crippen molar-refractivity contribution in [3.05, 3.63) is 42.0 Å². The van der Waals surface area contributed by atoms with Crippen molar-refractivity contribution in [3.8, 4) is 0 Å². The van der Waals surface area contributed by atoms with Crippen LogP contribution in [0.4, 0.5) is 0 Å². The molecule has 0 radical (unpaired) electrons. The molecular weight excluding hydrogens is 290 g/mol. The van der Waals surface area contributed by atoms with Gasteiger partial charge < -0.3 is 10.1 Å². The Bertz CT molecular complexity index is 541. The summed E-state index contributed by atoms with van der Waals surface area (Å²) in [6, 6.07) is 8.90. The van der Waals surface area contributed by atoms with E-state index in [1.54, 1.807) is 6.08 Å². The minimum atomic E-state index is -0.637. The number of amides is 1. The molecule has 1 rings (SSSR count). The summed E-state index contributed by atoms with van der Waals surface area (Å²) in [7, 11) is 0. The fourth-order valence-electron chi connectivity index (χ4n) is 2.01. The van der Waals surface area contributed by atoms with E-state index in [0.717, 1.165) is 5.56 Å². The quantitative estimate of drug-likeness (QED) is 0.644. The van der Waals surface area contributed by atoms with Gasteiger partial charge in [-0.2, -0.15) is 0 Å². The molecule has 1 amide bonds. The molecule has 0 spiro atoms. The van der Waals surface area contributed by atoms with Gasteiger partial charge >= 0.3 is 5.97 Å². The summed E-state index contributed by atoms with van der Waals surface area (Å²) in [5.74, 6) is -0.427. The molecule has 0 saturated carbocycles. The van der Waals surface area contributed by atoms with E-state index in [0.29, 0.717) is 6.42 Å². The molecule has 23 heavy (non-hydrogen) atoms. The van der Waals surface area contributed by atoms with Crippen molar-refractivity contribution in [2.45, 2.75) is 52.7 Å². The highest BCUT2D eigenvalue weighted by molar-refractivity contribution is 5.94. The van der Waals surface area contributed by atoms with Gasteiger partial charge in [0.15, 0.2) is 0 Å². The summed E-state index contributed by atoms with van der Waals surface area (Å²) in [4.78, 5) is 24.3. The Balaban J connectivity index is 2.70. The van der Waals surface area contributed by atoms with Crippen molar-refractivity contribution >= 4 is 18.0 Å². The molecule has 0 aliphatic carbocycles. The number of esters is 1. The zero-order valence-electron chi connectivity index (χ0n) is 14.6. The Labute approximate surface area is 138 Å². The molecule has 4 nitrogen and oxygen atoms in total. The number of carbonyl (C=O) groups is 2. The minimum absolute atomic E-state index is 0.269. The number of rotatable bonds is 6. The number of hydrogen-bond acceptors (Lipinski definition) is 3. The van der Waals surface area contributed by atoms with Crippen molar-refractivity contribution < 1.29 is 14.3 Å². The average molecular weight is 317 g/mol. The second kappa shape index (κ2) is 8.51. The molecule has 0 heterocycles. The highest BCUT2D eigenvalue weighted by Crippen LogP contribution is 2.13. The van der Waals surface area contributed by atoms with Crippen LogP contribution in [0.5, 0.6) is 0 Å². The number of carbonyl (C=O) groups excluding carboxylic acids is 2. The molecule has 4 heteroatoms. The highest BCUT2D eigenvalue weighted by Gasteiger charge is 2.26. The summed E-state index contributed by atoms with van der Waals surface area (Å²) >= 11 is 0. The Kier molecular flexibility index (Phi) is 7.01. The lowest BCUT2D eigenvalue weighted by Crippen LogP contribution is -2.44. The van der Waals surface area contributed by atoms with Gasteiger partial charge in [0.05, 0.1) is 0 Å². The molecule has 1 aromatic carbocycles. The van der Waals surface area contributed by atoms with Crippen LogP contribution < -0.4 is 5.32 Å². The van der Waals surface area contributed by atoms with Gasteiger partial charge in [-0.25, -0.2) is 4.79 Å². The first-order valence-electron chi connectivity index (χ1n) is 7.94. The summed E-state index contributed by atoms with van der Waals surface area (Å²) in [5.41, 5.74) is 0.358. The van der Waals surface area contributed by atoms with E-state index in [2.05, 4.69) is 5.32 Å². The van der Waals surface area contributed by atoms with Crippen LogP contribution >= 0.6 is 0 Å². The maximum absolute atomic E-state index is 12.2. The van der Waals surface area contributed by atoms with Gasteiger partial charge in [0.25, 0.3) is 0 Å². The van der Waals surface area contributed by atoms with Crippen LogP contribution in [0.1, 0.15) is 46.6 Å². The molecule has 0 aliphatic rings. The zero-order valence-corrected chi connectivity index (χ0v) is 14.6. The van der Waals surface area contributed by atoms with Gasteiger partial charge in [-0.05, 0) is 44.7 Å². The van der Waals surface area contributed by atoms with E-state index in [-0.39, 0.29) is 11.8 Å². The van der Waals surface area contributed by atoms with Gasteiger partial charge in [-0.3, -0.25) is 4.79 Å². The monoisotopic (exact) mass is 317 g/mol. The number of nitrogens with one attached hydrogen (secondary N) is 1. The van der Waals surface area contributed by atoms with E-state index in [9.17, 15) is 9.59 Å². The first-order chi connectivity index (χ1) is 10.7. The fourth-order valence-corrected chi connectivity index (χ4v) is 2.01. The predicted octanol–water partition coefficient (Wildman–Crippen LogP) is 3.57. The summed E-state index contributed by atoms with van der Waals surface area (Å²) < 4.78 is 5.39. The third-order valence-corrected chi connectivity index (χ3v) is 2.94. The second-order valence-electron chi connectivity index (χ2n) is 6.97. The smallest absolute Gasteiger partial charge is 0.329 e. The molecule has 1 aromatic rings. The van der Waals surface area contributed by atoms with Gasteiger partial charge in [0, 0.05) is 6.08 Å². The molecule has 0 saturated heterocycles. The van der Waals surface area contributed by atoms with E-state index < -0.39 is 17.6 Å². The number of hydrogen-bond donors (Lipinski definition) is 1. The number of benzene rings is 1. The van der Waals surface area contributed by atoms with Crippen LogP contribution in [0.2, 0.25) is 0 Å². The van der Waals surface area contributed by atoms with Gasteiger partial charge in [-0.1, -0.05) is 44.2 Å². The van der Waals surface area contributed by atoms with Crippen LogP contribution in [0.25, 0.3) is 6.08 Å². The van der Waals surface area contributed by atoms with Crippen molar-refractivity contribution in [2.24, 2.45) is 5.92 Å². The Morgan fingerprint density at radius 3 is 2.30 bits per heavy atom. The first-order valence-corrected chi connectivity index (χ1v) is 7.94. The Morgan fingerprint density at radius 1 is 1.17 bits per heavy atom. The Morgan fingerprint density at radius 2 is 1.78 bits per heavy atom. The van der Waals surface area contributed by atoms with Crippen LogP contribution in [-0.4, -0.2) is 23.5 Å². The van der Waals surface area contributed by atoms with Crippen molar-refractivity contribution in [3.63, 3.8) is 0 Å². The van der Waals surface area contributed by atoms with Crippen molar-refractivity contribution in [1.29, 1.82) is 0 Å². The highest BCUT2D eigenvalue weighted by atomic mass is 16.6. The molecule has 126 valence electrons. The largest absolute Gasteiger partial charge is 0.458 e. The normalized spacial score (nSPS) is 13.1. The first kappa shape index (κ1) is 18.9. The predicted molar refractivity (Wildman–Crippen MR) is 92.7 cm³/mol. The lowest BCUT2D eigenvalue weighted by Gasteiger charge is -2.25. The Hall–Kier alpha value is -2.10. The van der Waals surface area contributed by atoms with Gasteiger partial charge in [0.2, 0.25) is 5.91 Å². The fraction of sp³-hybridized carbons (Fsp3) is 0.474. The molecule has 0 bridgehead atoms. The maximum atomic E-state index is 12.2. The van der Waals surface area contributed by atoms with Crippen molar-refractivity contribution in [2.75, 3.05) is 0 Å². The van der Waals surface area contributed by atoms with E-state index in [1.807, 2.05) is 65.0 Å². The maximum Gasteiger partial charge on any atom is 0.329 e. The molecular formula is C19H27NO3. The third-order valence-electron chi connectivity index (χ3n) is 2.94. The SMILES string of the molecule is CC(C)CC(NC(=O)C=Cc1ccccc1)C(=O)OC(C)(C)C. The topological polar surface area (TPSA) is 55.4 Å². The minimum Gasteiger partial charge on any atom is -0.458 e. The summed E-state index contributed by atoms with van der Waals surface area (Å²) in [6.45, 7) is 9.45. The number of ether oxygens (including phenoxy) is 1. The molecule has 1 atom stereocenters. The van der Waals surface area contributed by atoms with E-state index in [1.165, 1.54) is 6.08 Å².